The fourth-order valence-electron chi connectivity index (χ4n) is 1.47. The summed E-state index contributed by atoms with van der Waals surface area (Å²) in [6.45, 7) is -0.120. The Morgan fingerprint density at radius 1 is 1.33 bits per heavy atom. The molecule has 10 heteroatoms. The lowest BCUT2D eigenvalue weighted by molar-refractivity contribution is -0.274. The molecule has 0 spiro atoms. The molecule has 7 nitrogen and oxygen atoms in total. The number of amides is 1. The number of anilines is 2. The number of alkyl halides is 3. The van der Waals surface area contributed by atoms with E-state index < -0.39 is 12.3 Å². The highest BCUT2D eigenvalue weighted by atomic mass is 19.4. The number of rotatable bonds is 4. The highest BCUT2D eigenvalue weighted by Gasteiger charge is 2.30. The fourth-order valence-corrected chi connectivity index (χ4v) is 1.47. The van der Waals surface area contributed by atoms with Gasteiger partial charge in [-0.05, 0) is 24.3 Å². The van der Waals surface area contributed by atoms with Gasteiger partial charge in [0.15, 0.2) is 0 Å². The van der Waals surface area contributed by atoms with Gasteiger partial charge in [-0.15, -0.1) is 18.3 Å². The van der Waals surface area contributed by atoms with Crippen molar-refractivity contribution >= 4 is 17.5 Å². The molecular weight excluding hydrogens is 291 g/mol. The Morgan fingerprint density at radius 3 is 2.52 bits per heavy atom. The van der Waals surface area contributed by atoms with Crippen molar-refractivity contribution in [3.63, 3.8) is 0 Å². The number of carbonyl (C=O) groups is 1. The Kier molecular flexibility index (Phi) is 3.96. The maximum Gasteiger partial charge on any atom is 0.573 e. The van der Waals surface area contributed by atoms with Crippen LogP contribution in [0.5, 0.6) is 5.75 Å². The number of benzene rings is 1. The second-order valence-electron chi connectivity index (χ2n) is 3.92. The van der Waals surface area contributed by atoms with Crippen LogP contribution in [0, 0.1) is 0 Å². The molecule has 0 radical (unpaired) electrons. The molecule has 21 heavy (non-hydrogen) atoms. The molecule has 0 unspecified atom stereocenters. The van der Waals surface area contributed by atoms with Crippen molar-refractivity contribution in [2.24, 2.45) is 0 Å². The molecule has 1 amide bonds. The van der Waals surface area contributed by atoms with Crippen molar-refractivity contribution in [2.45, 2.75) is 12.9 Å². The van der Waals surface area contributed by atoms with E-state index in [4.69, 9.17) is 5.73 Å². The van der Waals surface area contributed by atoms with Gasteiger partial charge in [0.05, 0.1) is 0 Å². The molecule has 3 N–H and O–H groups in total. The summed E-state index contributed by atoms with van der Waals surface area (Å²) in [6, 6.07) is 4.76. The van der Waals surface area contributed by atoms with E-state index >= 15 is 0 Å². The van der Waals surface area contributed by atoms with Gasteiger partial charge in [-0.2, -0.15) is 0 Å². The third-order valence-electron chi connectivity index (χ3n) is 2.23. The van der Waals surface area contributed by atoms with Crippen LogP contribution >= 0.6 is 0 Å². The Balaban J connectivity index is 1.92. The lowest BCUT2D eigenvalue weighted by Gasteiger charge is -2.09. The average Bonchev–Trinajstić information content (AvgIpc) is 2.75. The van der Waals surface area contributed by atoms with Crippen LogP contribution < -0.4 is 15.8 Å². The van der Waals surface area contributed by atoms with E-state index in [1.807, 2.05) is 0 Å². The monoisotopic (exact) mass is 301 g/mol. The normalized spacial score (nSPS) is 11.2. The number of hydrogen-bond donors (Lipinski definition) is 2. The van der Waals surface area contributed by atoms with Crippen LogP contribution in [-0.2, 0) is 11.3 Å². The molecule has 1 heterocycles. The van der Waals surface area contributed by atoms with Crippen LogP contribution in [0.4, 0.5) is 24.8 Å². The number of ether oxygens (including phenoxy) is 1. The van der Waals surface area contributed by atoms with Crippen LogP contribution in [0.1, 0.15) is 0 Å². The summed E-state index contributed by atoms with van der Waals surface area (Å²) in [6.07, 6.45) is -3.47. The first-order valence-electron chi connectivity index (χ1n) is 5.62. The van der Waals surface area contributed by atoms with E-state index in [2.05, 4.69) is 20.1 Å². The summed E-state index contributed by atoms with van der Waals surface area (Å²) < 4.78 is 40.9. The lowest BCUT2D eigenvalue weighted by atomic mass is 10.3. The predicted molar refractivity (Wildman–Crippen MR) is 66.2 cm³/mol. The van der Waals surface area contributed by atoms with Crippen molar-refractivity contribution < 1.29 is 22.7 Å². The van der Waals surface area contributed by atoms with E-state index in [0.717, 1.165) is 12.1 Å². The summed E-state index contributed by atoms with van der Waals surface area (Å²) in [4.78, 5) is 15.3. The number of hydrogen-bond acceptors (Lipinski definition) is 5. The molecule has 0 saturated carbocycles. The minimum absolute atomic E-state index is 0.0384. The van der Waals surface area contributed by atoms with Gasteiger partial charge >= 0.3 is 6.36 Å². The Labute approximate surface area is 116 Å². The molecule has 0 aliphatic heterocycles. The van der Waals surface area contributed by atoms with Crippen LogP contribution in [0.25, 0.3) is 0 Å². The molecule has 0 atom stereocenters. The zero-order valence-electron chi connectivity index (χ0n) is 10.5. The predicted octanol–water partition coefficient (Wildman–Crippen LogP) is 1.40. The van der Waals surface area contributed by atoms with Crippen LogP contribution in [0.3, 0.4) is 0 Å². The molecule has 1 aromatic carbocycles. The number of nitrogens with two attached hydrogens (primary N) is 1. The second kappa shape index (κ2) is 5.69. The molecule has 0 aliphatic rings. The summed E-state index contributed by atoms with van der Waals surface area (Å²) in [5.74, 6) is -0.759. The maximum absolute atomic E-state index is 12.0. The summed E-state index contributed by atoms with van der Waals surface area (Å²) in [5, 5.41) is 6.21. The molecule has 0 bridgehead atoms. The maximum atomic E-state index is 12.0. The third-order valence-corrected chi connectivity index (χ3v) is 2.23. The SMILES string of the molecule is Nc1ncn(CC(=O)Nc2ccc(OC(F)(F)F)cc2)n1. The van der Waals surface area contributed by atoms with Crippen molar-refractivity contribution in [3.05, 3.63) is 30.6 Å². The molecular formula is C11H10F3N5O2. The van der Waals surface area contributed by atoms with Crippen molar-refractivity contribution in [2.75, 3.05) is 11.1 Å². The third kappa shape index (κ3) is 4.67. The number of nitrogen functional groups attached to an aromatic ring is 1. The van der Waals surface area contributed by atoms with E-state index in [0.29, 0.717) is 5.69 Å². The minimum Gasteiger partial charge on any atom is -0.406 e. The van der Waals surface area contributed by atoms with Gasteiger partial charge < -0.3 is 15.8 Å². The number of nitrogens with one attached hydrogen (secondary N) is 1. The number of nitrogens with zero attached hydrogens (tertiary/aromatic N) is 3. The van der Waals surface area contributed by atoms with Gasteiger partial charge in [0.2, 0.25) is 11.9 Å². The topological polar surface area (TPSA) is 95.1 Å². The highest BCUT2D eigenvalue weighted by Crippen LogP contribution is 2.23. The first-order chi connectivity index (χ1) is 9.82. The Bertz CT molecular complexity index is 624. The number of carbonyl (C=O) groups excluding carboxylic acids is 1. The van der Waals surface area contributed by atoms with Gasteiger partial charge in [0.25, 0.3) is 0 Å². The first kappa shape index (κ1) is 14.6. The smallest absolute Gasteiger partial charge is 0.406 e. The van der Waals surface area contributed by atoms with Crippen LogP contribution in [0.15, 0.2) is 30.6 Å². The fraction of sp³-hybridized carbons (Fsp3) is 0.182. The first-order valence-corrected chi connectivity index (χ1v) is 5.62. The van der Waals surface area contributed by atoms with Gasteiger partial charge in [-0.1, -0.05) is 0 Å². The van der Waals surface area contributed by atoms with Crippen LogP contribution in [0.2, 0.25) is 0 Å². The molecule has 112 valence electrons. The van der Waals surface area contributed by atoms with Gasteiger partial charge in [-0.3, -0.25) is 4.79 Å². The lowest BCUT2D eigenvalue weighted by Crippen LogP contribution is -2.19. The standard InChI is InChI=1S/C11H10F3N5O2/c12-11(13,14)21-8-3-1-7(2-4-8)17-9(20)5-19-6-16-10(15)18-19/h1-4,6H,5H2,(H2,15,18)(H,17,20). The van der Waals surface area contributed by atoms with Crippen molar-refractivity contribution in [1.82, 2.24) is 14.8 Å². The van der Waals surface area contributed by atoms with E-state index in [1.165, 1.54) is 23.1 Å². The van der Waals surface area contributed by atoms with E-state index in [9.17, 15) is 18.0 Å². The Hall–Kier alpha value is -2.78. The minimum atomic E-state index is -4.75. The number of aromatic nitrogens is 3. The van der Waals surface area contributed by atoms with Gasteiger partial charge in [-0.25, -0.2) is 9.67 Å². The Morgan fingerprint density at radius 2 is 2.00 bits per heavy atom. The average molecular weight is 301 g/mol. The molecule has 0 fully saturated rings. The second-order valence-corrected chi connectivity index (χ2v) is 3.92. The summed E-state index contributed by atoms with van der Waals surface area (Å²) >= 11 is 0. The molecule has 0 saturated heterocycles. The summed E-state index contributed by atoms with van der Waals surface area (Å²) in [5.41, 5.74) is 5.62. The highest BCUT2D eigenvalue weighted by molar-refractivity contribution is 5.90. The van der Waals surface area contributed by atoms with Crippen molar-refractivity contribution in [3.8, 4) is 5.75 Å². The zero-order chi connectivity index (χ0) is 15.5. The number of halogens is 3. The van der Waals surface area contributed by atoms with Crippen LogP contribution in [-0.4, -0.2) is 27.0 Å². The van der Waals surface area contributed by atoms with Gasteiger partial charge in [0.1, 0.15) is 18.6 Å². The van der Waals surface area contributed by atoms with Crippen molar-refractivity contribution in [1.29, 1.82) is 0 Å². The molecule has 0 aliphatic carbocycles. The molecule has 1 aromatic heterocycles. The van der Waals surface area contributed by atoms with E-state index in [1.54, 1.807) is 0 Å². The molecule has 2 aromatic rings. The van der Waals surface area contributed by atoms with E-state index in [-0.39, 0.29) is 18.2 Å². The zero-order valence-corrected chi connectivity index (χ0v) is 10.5. The molecule has 2 rings (SSSR count). The van der Waals surface area contributed by atoms with Gasteiger partial charge in [0, 0.05) is 5.69 Å². The summed E-state index contributed by atoms with van der Waals surface area (Å²) in [7, 11) is 0. The quantitative estimate of drug-likeness (QED) is 0.890. The largest absolute Gasteiger partial charge is 0.573 e.